The lowest BCUT2D eigenvalue weighted by atomic mass is 9.97. The van der Waals surface area contributed by atoms with Gasteiger partial charge in [0, 0.05) is 29.8 Å². The summed E-state index contributed by atoms with van der Waals surface area (Å²) in [5.41, 5.74) is 1.87. The fraction of sp³-hybridized carbons (Fsp3) is 0.412. The van der Waals surface area contributed by atoms with Crippen molar-refractivity contribution in [3.05, 3.63) is 40.9 Å². The molecule has 1 saturated heterocycles. The average molecular weight is 380 g/mol. The molecule has 5 nitrogen and oxygen atoms in total. The molecule has 1 aromatic rings. The molecule has 1 aromatic carbocycles. The maximum absolute atomic E-state index is 12.4. The number of nitrogens with one attached hydrogen (secondary N) is 2. The first-order valence-electron chi connectivity index (χ1n) is 7.69. The Hall–Kier alpha value is -1.82. The van der Waals surface area contributed by atoms with Crippen LogP contribution < -0.4 is 10.6 Å². The average Bonchev–Trinajstić information content (AvgIpc) is 2.52. The van der Waals surface area contributed by atoms with Crippen molar-refractivity contribution in [1.29, 1.82) is 0 Å². The van der Waals surface area contributed by atoms with Gasteiger partial charge in [0.15, 0.2) is 0 Å². The zero-order valence-corrected chi connectivity index (χ0v) is 14.9. The largest absolute Gasteiger partial charge is 0.351 e. The second-order valence-corrected chi connectivity index (χ2v) is 6.94. The SMILES string of the molecule is C=C(Br)CNC(=O)C1CCCN(C(=O)Nc2cccc(C)c2)C1. The smallest absolute Gasteiger partial charge is 0.321 e. The van der Waals surface area contributed by atoms with E-state index in [1.807, 2.05) is 31.2 Å². The summed E-state index contributed by atoms with van der Waals surface area (Å²) in [5.74, 6) is -0.197. The van der Waals surface area contributed by atoms with E-state index >= 15 is 0 Å². The quantitative estimate of drug-likeness (QED) is 0.842. The van der Waals surface area contributed by atoms with E-state index in [0.717, 1.165) is 28.6 Å². The first-order chi connectivity index (χ1) is 11.0. The van der Waals surface area contributed by atoms with E-state index in [9.17, 15) is 9.59 Å². The van der Waals surface area contributed by atoms with Crippen molar-refractivity contribution < 1.29 is 9.59 Å². The van der Waals surface area contributed by atoms with Gasteiger partial charge in [-0.25, -0.2) is 4.79 Å². The van der Waals surface area contributed by atoms with Gasteiger partial charge in [-0.3, -0.25) is 4.79 Å². The Kier molecular flexibility index (Phi) is 6.21. The number of carbonyl (C=O) groups excluding carboxylic acids is 2. The summed E-state index contributed by atoms with van der Waals surface area (Å²) in [6, 6.07) is 7.52. The van der Waals surface area contributed by atoms with Gasteiger partial charge in [0.05, 0.1) is 5.92 Å². The van der Waals surface area contributed by atoms with Crippen molar-refractivity contribution >= 4 is 33.6 Å². The molecule has 0 bridgehead atoms. The monoisotopic (exact) mass is 379 g/mol. The van der Waals surface area contributed by atoms with Crippen molar-refractivity contribution in [3.8, 4) is 0 Å². The lowest BCUT2D eigenvalue weighted by Gasteiger charge is -2.32. The van der Waals surface area contributed by atoms with Gasteiger partial charge in [0.2, 0.25) is 5.91 Å². The number of aryl methyl sites for hydroxylation is 1. The lowest BCUT2D eigenvalue weighted by molar-refractivity contribution is -0.126. The number of hydrogen-bond donors (Lipinski definition) is 2. The highest BCUT2D eigenvalue weighted by atomic mass is 79.9. The van der Waals surface area contributed by atoms with E-state index in [2.05, 4.69) is 33.1 Å². The van der Waals surface area contributed by atoms with Crippen LogP contribution in [0.2, 0.25) is 0 Å². The van der Waals surface area contributed by atoms with Gasteiger partial charge in [0.25, 0.3) is 0 Å². The predicted molar refractivity (Wildman–Crippen MR) is 95.6 cm³/mol. The molecule has 1 atom stereocenters. The minimum Gasteiger partial charge on any atom is -0.351 e. The Morgan fingerprint density at radius 1 is 1.43 bits per heavy atom. The first kappa shape index (κ1) is 17.5. The molecule has 0 aromatic heterocycles. The molecule has 1 aliphatic heterocycles. The maximum atomic E-state index is 12.4. The Morgan fingerprint density at radius 3 is 2.91 bits per heavy atom. The zero-order valence-electron chi connectivity index (χ0n) is 13.3. The molecular formula is C17H22BrN3O2. The van der Waals surface area contributed by atoms with Crippen molar-refractivity contribution in [2.45, 2.75) is 19.8 Å². The van der Waals surface area contributed by atoms with Gasteiger partial charge < -0.3 is 15.5 Å². The van der Waals surface area contributed by atoms with Crippen molar-refractivity contribution in [3.63, 3.8) is 0 Å². The molecular weight excluding hydrogens is 358 g/mol. The van der Waals surface area contributed by atoms with E-state index in [0.29, 0.717) is 19.6 Å². The van der Waals surface area contributed by atoms with Gasteiger partial charge in [-0.15, -0.1) is 0 Å². The standard InChI is InChI=1S/C17H22BrN3O2/c1-12-5-3-7-15(9-12)20-17(23)21-8-4-6-14(11-21)16(22)19-10-13(2)18/h3,5,7,9,14H,2,4,6,8,10-11H2,1H3,(H,19,22)(H,20,23). The van der Waals surface area contributed by atoms with Crippen molar-refractivity contribution in [1.82, 2.24) is 10.2 Å². The molecule has 6 heteroatoms. The number of nitrogens with zero attached hydrogens (tertiary/aromatic N) is 1. The number of likely N-dealkylation sites (tertiary alicyclic amines) is 1. The first-order valence-corrected chi connectivity index (χ1v) is 8.48. The van der Waals surface area contributed by atoms with Gasteiger partial charge in [-0.1, -0.05) is 34.6 Å². The number of rotatable bonds is 4. The Morgan fingerprint density at radius 2 is 2.22 bits per heavy atom. The summed E-state index contributed by atoms with van der Waals surface area (Å²) in [7, 11) is 0. The molecule has 1 aliphatic rings. The zero-order chi connectivity index (χ0) is 16.8. The van der Waals surface area contributed by atoms with Crippen LogP contribution in [-0.2, 0) is 4.79 Å². The highest BCUT2D eigenvalue weighted by Crippen LogP contribution is 2.18. The van der Waals surface area contributed by atoms with E-state index in [4.69, 9.17) is 0 Å². The molecule has 0 saturated carbocycles. The van der Waals surface area contributed by atoms with Gasteiger partial charge in [0.1, 0.15) is 0 Å². The number of piperidine rings is 1. The third kappa shape index (κ3) is 5.39. The predicted octanol–water partition coefficient (Wildman–Crippen LogP) is 3.26. The minimum absolute atomic E-state index is 0.0290. The highest BCUT2D eigenvalue weighted by molar-refractivity contribution is 9.11. The molecule has 0 aliphatic carbocycles. The number of benzene rings is 1. The molecule has 3 amide bonds. The highest BCUT2D eigenvalue weighted by Gasteiger charge is 2.28. The third-order valence-corrected chi connectivity index (χ3v) is 4.08. The van der Waals surface area contributed by atoms with E-state index < -0.39 is 0 Å². The van der Waals surface area contributed by atoms with E-state index in [1.54, 1.807) is 4.90 Å². The van der Waals surface area contributed by atoms with Gasteiger partial charge >= 0.3 is 6.03 Å². The normalized spacial score (nSPS) is 17.5. The van der Waals surface area contributed by atoms with E-state index in [1.165, 1.54) is 0 Å². The fourth-order valence-corrected chi connectivity index (χ4v) is 2.77. The molecule has 1 heterocycles. The summed E-state index contributed by atoms with van der Waals surface area (Å²) >= 11 is 3.22. The molecule has 1 unspecified atom stereocenters. The van der Waals surface area contributed by atoms with E-state index in [-0.39, 0.29) is 17.9 Å². The number of hydrogen-bond acceptors (Lipinski definition) is 2. The van der Waals surface area contributed by atoms with Gasteiger partial charge in [-0.05, 0) is 37.5 Å². The molecule has 1 fully saturated rings. The fourth-order valence-electron chi connectivity index (χ4n) is 2.63. The number of carbonyl (C=O) groups is 2. The van der Waals surface area contributed by atoms with Crippen LogP contribution in [-0.4, -0.2) is 36.5 Å². The van der Waals surface area contributed by atoms with Crippen LogP contribution >= 0.6 is 15.9 Å². The molecule has 0 radical (unpaired) electrons. The van der Waals surface area contributed by atoms with Crippen LogP contribution in [0.25, 0.3) is 0 Å². The third-order valence-electron chi connectivity index (χ3n) is 3.80. The Labute approximate surface area is 145 Å². The molecule has 2 N–H and O–H groups in total. The number of amides is 3. The number of anilines is 1. The number of halogens is 1. The van der Waals surface area contributed by atoms with Crippen LogP contribution in [0, 0.1) is 12.8 Å². The van der Waals surface area contributed by atoms with Gasteiger partial charge in [-0.2, -0.15) is 0 Å². The minimum atomic E-state index is -0.168. The maximum Gasteiger partial charge on any atom is 0.321 e. The topological polar surface area (TPSA) is 61.4 Å². The Bertz CT molecular complexity index is 603. The summed E-state index contributed by atoms with van der Waals surface area (Å²) in [4.78, 5) is 26.2. The van der Waals surface area contributed by atoms with Crippen LogP contribution in [0.4, 0.5) is 10.5 Å². The summed E-state index contributed by atoms with van der Waals surface area (Å²) in [6.07, 6.45) is 1.63. The van der Waals surface area contributed by atoms with Crippen LogP contribution in [0.1, 0.15) is 18.4 Å². The van der Waals surface area contributed by atoms with Crippen molar-refractivity contribution in [2.24, 2.45) is 5.92 Å². The second kappa shape index (κ2) is 8.15. The van der Waals surface area contributed by atoms with Crippen LogP contribution in [0.15, 0.2) is 35.3 Å². The second-order valence-electron chi connectivity index (χ2n) is 5.82. The molecule has 2 rings (SSSR count). The lowest BCUT2D eigenvalue weighted by Crippen LogP contribution is -2.47. The number of urea groups is 1. The van der Waals surface area contributed by atoms with Crippen LogP contribution in [0.5, 0.6) is 0 Å². The summed E-state index contributed by atoms with van der Waals surface area (Å²) in [5, 5.41) is 5.72. The Balaban J connectivity index is 1.91. The van der Waals surface area contributed by atoms with Crippen LogP contribution in [0.3, 0.4) is 0 Å². The van der Waals surface area contributed by atoms with Crippen molar-refractivity contribution in [2.75, 3.05) is 25.0 Å². The summed E-state index contributed by atoms with van der Waals surface area (Å²) < 4.78 is 0.732. The molecule has 0 spiro atoms. The molecule has 124 valence electrons. The summed E-state index contributed by atoms with van der Waals surface area (Å²) in [6.45, 7) is 7.20. The molecule has 23 heavy (non-hydrogen) atoms.